The molecule has 1 aliphatic rings. The van der Waals surface area contributed by atoms with E-state index in [1.807, 2.05) is 24.3 Å². The molecule has 0 spiro atoms. The SMILES string of the molecule is O=C(O)CCc1cccc(NC(=O)Nc2ccccc2OCC2CC2)c1. The Labute approximate surface area is 152 Å². The Morgan fingerprint density at radius 2 is 1.88 bits per heavy atom. The summed E-state index contributed by atoms with van der Waals surface area (Å²) in [6.45, 7) is 0.673. The van der Waals surface area contributed by atoms with Crippen LogP contribution in [0.3, 0.4) is 0 Å². The molecule has 0 atom stereocenters. The molecule has 3 rings (SSSR count). The number of benzene rings is 2. The van der Waals surface area contributed by atoms with Crippen LogP contribution in [0, 0.1) is 5.92 Å². The maximum Gasteiger partial charge on any atom is 0.323 e. The molecule has 0 unspecified atom stereocenters. The minimum Gasteiger partial charge on any atom is -0.491 e. The van der Waals surface area contributed by atoms with Gasteiger partial charge in [0, 0.05) is 12.1 Å². The van der Waals surface area contributed by atoms with Crippen LogP contribution in [0.5, 0.6) is 5.75 Å². The van der Waals surface area contributed by atoms with E-state index < -0.39 is 5.97 Å². The third-order valence-electron chi connectivity index (χ3n) is 4.12. The van der Waals surface area contributed by atoms with E-state index >= 15 is 0 Å². The number of hydrogen-bond acceptors (Lipinski definition) is 3. The third kappa shape index (κ3) is 5.51. The number of aryl methyl sites for hydroxylation is 1. The Bertz CT molecular complexity index is 787. The lowest BCUT2D eigenvalue weighted by atomic mass is 10.1. The van der Waals surface area contributed by atoms with Gasteiger partial charge in [0.1, 0.15) is 5.75 Å². The van der Waals surface area contributed by atoms with Gasteiger partial charge in [-0.25, -0.2) is 4.79 Å². The summed E-state index contributed by atoms with van der Waals surface area (Å²) in [6.07, 6.45) is 2.88. The van der Waals surface area contributed by atoms with Gasteiger partial charge in [-0.15, -0.1) is 0 Å². The normalized spacial score (nSPS) is 13.1. The van der Waals surface area contributed by atoms with Crippen LogP contribution in [0.2, 0.25) is 0 Å². The Morgan fingerprint density at radius 1 is 1.08 bits per heavy atom. The van der Waals surface area contributed by atoms with Crippen LogP contribution < -0.4 is 15.4 Å². The van der Waals surface area contributed by atoms with Crippen LogP contribution in [0.4, 0.5) is 16.2 Å². The first kappa shape index (κ1) is 17.8. The zero-order chi connectivity index (χ0) is 18.4. The van der Waals surface area contributed by atoms with Crippen molar-refractivity contribution in [2.24, 2.45) is 5.92 Å². The molecule has 6 nitrogen and oxygen atoms in total. The fraction of sp³-hybridized carbons (Fsp3) is 0.300. The maximum absolute atomic E-state index is 12.3. The molecule has 6 heteroatoms. The van der Waals surface area contributed by atoms with Gasteiger partial charge < -0.3 is 20.5 Å². The second kappa shape index (κ2) is 8.38. The zero-order valence-electron chi connectivity index (χ0n) is 14.4. The molecule has 2 aromatic rings. The molecule has 136 valence electrons. The molecule has 26 heavy (non-hydrogen) atoms. The molecule has 2 amide bonds. The smallest absolute Gasteiger partial charge is 0.323 e. The van der Waals surface area contributed by atoms with Crippen molar-refractivity contribution in [1.29, 1.82) is 0 Å². The Kier molecular flexibility index (Phi) is 5.73. The maximum atomic E-state index is 12.3. The van der Waals surface area contributed by atoms with Crippen molar-refractivity contribution in [2.75, 3.05) is 17.2 Å². The molecule has 1 saturated carbocycles. The number of aliphatic carboxylic acids is 1. The summed E-state index contributed by atoms with van der Waals surface area (Å²) >= 11 is 0. The fourth-order valence-corrected chi connectivity index (χ4v) is 2.53. The van der Waals surface area contributed by atoms with Gasteiger partial charge in [-0.1, -0.05) is 24.3 Å². The third-order valence-corrected chi connectivity index (χ3v) is 4.12. The number of carbonyl (C=O) groups is 2. The predicted molar refractivity (Wildman–Crippen MR) is 99.7 cm³/mol. The van der Waals surface area contributed by atoms with Crippen molar-refractivity contribution in [2.45, 2.75) is 25.7 Å². The van der Waals surface area contributed by atoms with E-state index in [-0.39, 0.29) is 12.5 Å². The second-order valence-corrected chi connectivity index (χ2v) is 6.42. The summed E-state index contributed by atoms with van der Waals surface area (Å²) in [4.78, 5) is 23.0. The number of amides is 2. The van der Waals surface area contributed by atoms with Crippen LogP contribution in [0.25, 0.3) is 0 Å². The fourth-order valence-electron chi connectivity index (χ4n) is 2.53. The lowest BCUT2D eigenvalue weighted by Crippen LogP contribution is -2.20. The average molecular weight is 354 g/mol. The van der Waals surface area contributed by atoms with E-state index in [1.54, 1.807) is 24.3 Å². The first-order valence-electron chi connectivity index (χ1n) is 8.71. The summed E-state index contributed by atoms with van der Waals surface area (Å²) in [5.41, 5.74) is 2.09. The Morgan fingerprint density at radius 3 is 2.65 bits per heavy atom. The zero-order valence-corrected chi connectivity index (χ0v) is 14.4. The summed E-state index contributed by atoms with van der Waals surface area (Å²) in [5, 5.41) is 14.3. The molecule has 2 aromatic carbocycles. The number of carboxylic acids is 1. The minimum atomic E-state index is -0.844. The molecule has 0 aliphatic heterocycles. The van der Waals surface area contributed by atoms with Crippen LogP contribution >= 0.6 is 0 Å². The number of carbonyl (C=O) groups excluding carboxylic acids is 1. The Balaban J connectivity index is 1.58. The van der Waals surface area contributed by atoms with E-state index in [2.05, 4.69) is 10.6 Å². The molecular formula is C20H22N2O4. The number of nitrogens with one attached hydrogen (secondary N) is 2. The molecule has 1 fully saturated rings. The van der Waals surface area contributed by atoms with Gasteiger partial charge >= 0.3 is 12.0 Å². The summed E-state index contributed by atoms with van der Waals surface area (Å²) in [6, 6.07) is 14.1. The highest BCUT2D eigenvalue weighted by atomic mass is 16.5. The quantitative estimate of drug-likeness (QED) is 0.665. The van der Waals surface area contributed by atoms with Crippen LogP contribution in [0.1, 0.15) is 24.8 Å². The van der Waals surface area contributed by atoms with Gasteiger partial charge in [0.25, 0.3) is 0 Å². The molecule has 3 N–H and O–H groups in total. The number of urea groups is 1. The van der Waals surface area contributed by atoms with Crippen molar-refractivity contribution >= 4 is 23.4 Å². The van der Waals surface area contributed by atoms with E-state index in [1.165, 1.54) is 12.8 Å². The average Bonchev–Trinajstić information content (AvgIpc) is 3.44. The second-order valence-electron chi connectivity index (χ2n) is 6.42. The van der Waals surface area contributed by atoms with Gasteiger partial charge in [-0.05, 0) is 55.0 Å². The Hall–Kier alpha value is -3.02. The topological polar surface area (TPSA) is 87.7 Å². The number of rotatable bonds is 8. The van der Waals surface area contributed by atoms with E-state index in [9.17, 15) is 9.59 Å². The molecule has 0 bridgehead atoms. The van der Waals surface area contributed by atoms with Gasteiger partial charge in [0.2, 0.25) is 0 Å². The van der Waals surface area contributed by atoms with Crippen LogP contribution in [-0.4, -0.2) is 23.7 Å². The summed E-state index contributed by atoms with van der Waals surface area (Å²) < 4.78 is 5.79. The molecule has 0 radical (unpaired) electrons. The minimum absolute atomic E-state index is 0.0569. The first-order chi connectivity index (χ1) is 12.6. The largest absolute Gasteiger partial charge is 0.491 e. The summed E-state index contributed by atoms with van der Waals surface area (Å²) in [5.74, 6) is 0.444. The van der Waals surface area contributed by atoms with E-state index in [4.69, 9.17) is 9.84 Å². The monoisotopic (exact) mass is 354 g/mol. The highest BCUT2D eigenvalue weighted by Gasteiger charge is 2.22. The van der Waals surface area contributed by atoms with Crippen molar-refractivity contribution in [3.8, 4) is 5.75 Å². The molecule has 0 saturated heterocycles. The number of para-hydroxylation sites is 2. The molecule has 0 heterocycles. The van der Waals surface area contributed by atoms with Crippen molar-refractivity contribution < 1.29 is 19.4 Å². The van der Waals surface area contributed by atoms with E-state index in [0.29, 0.717) is 36.1 Å². The summed E-state index contributed by atoms with van der Waals surface area (Å²) in [7, 11) is 0. The van der Waals surface area contributed by atoms with E-state index in [0.717, 1.165) is 5.56 Å². The van der Waals surface area contributed by atoms with Crippen molar-refractivity contribution in [3.63, 3.8) is 0 Å². The van der Waals surface area contributed by atoms with Crippen molar-refractivity contribution in [1.82, 2.24) is 0 Å². The lowest BCUT2D eigenvalue weighted by Gasteiger charge is -2.13. The lowest BCUT2D eigenvalue weighted by molar-refractivity contribution is -0.136. The standard InChI is InChI=1S/C20H22N2O4/c23-19(24)11-10-14-4-3-5-16(12-14)21-20(25)22-17-6-1-2-7-18(17)26-13-15-8-9-15/h1-7,12,15H,8-11,13H2,(H,23,24)(H2,21,22,25). The number of carboxylic acid groups (broad SMARTS) is 1. The van der Waals surface area contributed by atoms with Gasteiger partial charge in [0.05, 0.1) is 12.3 Å². The first-order valence-corrected chi connectivity index (χ1v) is 8.71. The number of hydrogen-bond donors (Lipinski definition) is 3. The molecule has 1 aliphatic carbocycles. The number of anilines is 2. The van der Waals surface area contributed by atoms with Gasteiger partial charge in [-0.3, -0.25) is 4.79 Å². The number of ether oxygens (including phenoxy) is 1. The van der Waals surface area contributed by atoms with Gasteiger partial charge in [0.15, 0.2) is 0 Å². The molecular weight excluding hydrogens is 332 g/mol. The van der Waals surface area contributed by atoms with Gasteiger partial charge in [-0.2, -0.15) is 0 Å². The van der Waals surface area contributed by atoms with Crippen LogP contribution in [-0.2, 0) is 11.2 Å². The molecule has 0 aromatic heterocycles. The highest BCUT2D eigenvalue weighted by Crippen LogP contribution is 2.31. The predicted octanol–water partition coefficient (Wildman–Crippen LogP) is 4.14. The van der Waals surface area contributed by atoms with Crippen molar-refractivity contribution in [3.05, 3.63) is 54.1 Å². The highest BCUT2D eigenvalue weighted by molar-refractivity contribution is 6.00. The van der Waals surface area contributed by atoms with Crippen LogP contribution in [0.15, 0.2) is 48.5 Å².